The SMILES string of the molecule is CC(C)CC(NC(=O)OC(C)(C)C)C(O)CN[C@@H](CC(C)C)C(=O)O. The summed E-state index contributed by atoms with van der Waals surface area (Å²) in [5, 5.41) is 25.3. The summed E-state index contributed by atoms with van der Waals surface area (Å²) in [5.74, 6) is -0.473. The molecule has 0 saturated carbocycles. The Labute approximate surface area is 151 Å². The molecule has 0 rings (SSSR count). The smallest absolute Gasteiger partial charge is 0.407 e. The van der Waals surface area contributed by atoms with Crippen LogP contribution in [0.5, 0.6) is 0 Å². The summed E-state index contributed by atoms with van der Waals surface area (Å²) in [4.78, 5) is 23.3. The fraction of sp³-hybridized carbons (Fsp3) is 0.889. The summed E-state index contributed by atoms with van der Waals surface area (Å²) in [7, 11) is 0. The van der Waals surface area contributed by atoms with Gasteiger partial charge in [0.25, 0.3) is 0 Å². The first-order valence-electron chi connectivity index (χ1n) is 8.95. The second-order valence-corrected chi connectivity index (χ2v) is 8.38. The highest BCUT2D eigenvalue weighted by Gasteiger charge is 2.27. The lowest BCUT2D eigenvalue weighted by atomic mass is 9.98. The standard InChI is InChI=1S/C18H36N2O5/c1-11(2)8-13(20-17(24)25-18(5,6)7)15(21)10-19-14(16(22)23)9-12(3)4/h11-15,19,21H,8-10H2,1-7H3,(H,20,24)(H,22,23)/t13?,14-,15?/m0/s1. The van der Waals surface area contributed by atoms with Gasteiger partial charge in [0.1, 0.15) is 11.6 Å². The Hall–Kier alpha value is -1.34. The maximum absolute atomic E-state index is 12.0. The van der Waals surface area contributed by atoms with Gasteiger partial charge in [-0.3, -0.25) is 4.79 Å². The second kappa shape index (κ2) is 10.6. The Bertz CT molecular complexity index is 418. The predicted octanol–water partition coefficient (Wildman–Crippen LogP) is 2.38. The summed E-state index contributed by atoms with van der Waals surface area (Å²) < 4.78 is 5.24. The number of rotatable bonds is 10. The van der Waals surface area contributed by atoms with Crippen LogP contribution >= 0.6 is 0 Å². The Morgan fingerprint density at radius 1 is 1.04 bits per heavy atom. The molecule has 0 spiro atoms. The van der Waals surface area contributed by atoms with E-state index in [2.05, 4.69) is 10.6 Å². The van der Waals surface area contributed by atoms with Crippen LogP contribution in [0.25, 0.3) is 0 Å². The molecule has 3 atom stereocenters. The van der Waals surface area contributed by atoms with Gasteiger partial charge in [0, 0.05) is 6.54 Å². The number of alkyl carbamates (subject to hydrolysis) is 1. The molecule has 0 aliphatic heterocycles. The van der Waals surface area contributed by atoms with Gasteiger partial charge >= 0.3 is 12.1 Å². The maximum atomic E-state index is 12.0. The second-order valence-electron chi connectivity index (χ2n) is 8.38. The number of carbonyl (C=O) groups is 2. The first-order chi connectivity index (χ1) is 11.3. The van der Waals surface area contributed by atoms with Crippen molar-refractivity contribution in [3.63, 3.8) is 0 Å². The van der Waals surface area contributed by atoms with Crippen LogP contribution < -0.4 is 10.6 Å². The maximum Gasteiger partial charge on any atom is 0.407 e. The molecule has 4 N–H and O–H groups in total. The summed E-state index contributed by atoms with van der Waals surface area (Å²) in [6, 6.07) is -1.24. The molecule has 0 aliphatic carbocycles. The monoisotopic (exact) mass is 360 g/mol. The molecule has 0 heterocycles. The van der Waals surface area contributed by atoms with E-state index in [4.69, 9.17) is 4.74 Å². The number of aliphatic hydroxyl groups excluding tert-OH is 1. The van der Waals surface area contributed by atoms with Crippen molar-refractivity contribution in [1.29, 1.82) is 0 Å². The fourth-order valence-corrected chi connectivity index (χ4v) is 2.43. The summed E-state index contributed by atoms with van der Waals surface area (Å²) >= 11 is 0. The summed E-state index contributed by atoms with van der Waals surface area (Å²) in [6.07, 6.45) is -0.474. The van der Waals surface area contributed by atoms with E-state index in [0.29, 0.717) is 12.8 Å². The first kappa shape index (κ1) is 23.7. The van der Waals surface area contributed by atoms with Crippen molar-refractivity contribution in [2.75, 3.05) is 6.54 Å². The van der Waals surface area contributed by atoms with Crippen molar-refractivity contribution in [2.24, 2.45) is 11.8 Å². The number of carboxylic acids is 1. The van der Waals surface area contributed by atoms with Gasteiger partial charge in [0.05, 0.1) is 12.1 Å². The average molecular weight is 360 g/mol. The third kappa shape index (κ3) is 11.8. The molecule has 0 aromatic heterocycles. The van der Waals surface area contributed by atoms with Gasteiger partial charge in [-0.15, -0.1) is 0 Å². The van der Waals surface area contributed by atoms with Gasteiger partial charge in [0.2, 0.25) is 0 Å². The Morgan fingerprint density at radius 3 is 1.96 bits per heavy atom. The van der Waals surface area contributed by atoms with Crippen molar-refractivity contribution < 1.29 is 24.5 Å². The number of carbonyl (C=O) groups excluding carboxylic acids is 1. The van der Waals surface area contributed by atoms with Crippen molar-refractivity contribution in [3.05, 3.63) is 0 Å². The third-order valence-electron chi connectivity index (χ3n) is 3.47. The highest BCUT2D eigenvalue weighted by Crippen LogP contribution is 2.12. The van der Waals surface area contributed by atoms with Crippen LogP contribution in [0.15, 0.2) is 0 Å². The van der Waals surface area contributed by atoms with E-state index in [0.717, 1.165) is 0 Å². The van der Waals surface area contributed by atoms with Crippen LogP contribution in [0.2, 0.25) is 0 Å². The third-order valence-corrected chi connectivity index (χ3v) is 3.47. The fourth-order valence-electron chi connectivity index (χ4n) is 2.43. The van der Waals surface area contributed by atoms with Crippen LogP contribution in [0.1, 0.15) is 61.3 Å². The minimum absolute atomic E-state index is 0.0802. The average Bonchev–Trinajstić information content (AvgIpc) is 2.38. The quantitative estimate of drug-likeness (QED) is 0.476. The molecular weight excluding hydrogens is 324 g/mol. The molecule has 148 valence electrons. The van der Waals surface area contributed by atoms with Gasteiger partial charge in [-0.25, -0.2) is 4.79 Å². The Kier molecular flexibility index (Phi) is 10.0. The molecule has 0 aromatic carbocycles. The van der Waals surface area contributed by atoms with E-state index in [1.54, 1.807) is 20.8 Å². The van der Waals surface area contributed by atoms with Crippen LogP contribution in [-0.4, -0.2) is 52.6 Å². The van der Waals surface area contributed by atoms with Crippen molar-refractivity contribution in [2.45, 2.75) is 85.1 Å². The Balaban J connectivity index is 4.79. The molecule has 0 aromatic rings. The van der Waals surface area contributed by atoms with E-state index in [-0.39, 0.29) is 18.4 Å². The molecule has 25 heavy (non-hydrogen) atoms. The largest absolute Gasteiger partial charge is 0.480 e. The van der Waals surface area contributed by atoms with E-state index < -0.39 is 35.9 Å². The van der Waals surface area contributed by atoms with E-state index in [1.165, 1.54) is 0 Å². The number of hydrogen-bond donors (Lipinski definition) is 4. The topological polar surface area (TPSA) is 108 Å². The minimum Gasteiger partial charge on any atom is -0.480 e. The number of ether oxygens (including phenoxy) is 1. The minimum atomic E-state index is -0.943. The molecule has 1 amide bonds. The molecule has 0 fully saturated rings. The molecule has 0 radical (unpaired) electrons. The molecule has 0 bridgehead atoms. The zero-order valence-electron chi connectivity index (χ0n) is 16.6. The lowest BCUT2D eigenvalue weighted by Gasteiger charge is -2.29. The highest BCUT2D eigenvalue weighted by atomic mass is 16.6. The van der Waals surface area contributed by atoms with E-state index in [1.807, 2.05) is 27.7 Å². The van der Waals surface area contributed by atoms with E-state index in [9.17, 15) is 19.8 Å². The van der Waals surface area contributed by atoms with Crippen LogP contribution in [0, 0.1) is 11.8 Å². The molecule has 2 unspecified atom stereocenters. The van der Waals surface area contributed by atoms with Gasteiger partial charge in [-0.05, 0) is 45.4 Å². The van der Waals surface area contributed by atoms with Crippen molar-refractivity contribution in [3.8, 4) is 0 Å². The lowest BCUT2D eigenvalue weighted by molar-refractivity contribution is -0.140. The number of aliphatic carboxylic acids is 1. The summed E-state index contributed by atoms with van der Waals surface area (Å²) in [6.45, 7) is 13.3. The number of hydrogen-bond acceptors (Lipinski definition) is 5. The van der Waals surface area contributed by atoms with Gasteiger partial charge in [-0.1, -0.05) is 27.7 Å². The number of carboxylic acid groups (broad SMARTS) is 1. The lowest BCUT2D eigenvalue weighted by Crippen LogP contribution is -2.51. The zero-order valence-corrected chi connectivity index (χ0v) is 16.6. The van der Waals surface area contributed by atoms with Gasteiger partial charge < -0.3 is 25.6 Å². The van der Waals surface area contributed by atoms with Gasteiger partial charge in [-0.2, -0.15) is 0 Å². The molecule has 0 saturated heterocycles. The van der Waals surface area contributed by atoms with Crippen LogP contribution in [-0.2, 0) is 9.53 Å². The first-order valence-corrected chi connectivity index (χ1v) is 8.95. The van der Waals surface area contributed by atoms with Crippen LogP contribution in [0.3, 0.4) is 0 Å². The zero-order chi connectivity index (χ0) is 19.8. The Morgan fingerprint density at radius 2 is 1.56 bits per heavy atom. The van der Waals surface area contributed by atoms with Crippen molar-refractivity contribution in [1.82, 2.24) is 10.6 Å². The van der Waals surface area contributed by atoms with Crippen LogP contribution in [0.4, 0.5) is 4.79 Å². The number of amides is 1. The molecule has 7 nitrogen and oxygen atoms in total. The number of aliphatic hydroxyl groups is 1. The van der Waals surface area contributed by atoms with Gasteiger partial charge in [0.15, 0.2) is 0 Å². The highest BCUT2D eigenvalue weighted by molar-refractivity contribution is 5.73. The molecule has 7 heteroatoms. The predicted molar refractivity (Wildman–Crippen MR) is 97.5 cm³/mol. The normalized spacial score (nSPS) is 15.8. The van der Waals surface area contributed by atoms with E-state index >= 15 is 0 Å². The number of nitrogens with one attached hydrogen (secondary N) is 2. The van der Waals surface area contributed by atoms with Crippen molar-refractivity contribution >= 4 is 12.1 Å². The molecule has 0 aliphatic rings. The summed E-state index contributed by atoms with van der Waals surface area (Å²) in [5.41, 5.74) is -0.624. The molecular formula is C18H36N2O5.